The summed E-state index contributed by atoms with van der Waals surface area (Å²) in [7, 11) is 1.93. The fourth-order valence-corrected chi connectivity index (χ4v) is 3.24. The summed E-state index contributed by atoms with van der Waals surface area (Å²) in [5.41, 5.74) is -0.136. The van der Waals surface area contributed by atoms with Crippen LogP contribution in [0.1, 0.15) is 32.6 Å². The van der Waals surface area contributed by atoms with Crippen LogP contribution in [0.25, 0.3) is 0 Å². The van der Waals surface area contributed by atoms with E-state index in [-0.39, 0.29) is 5.54 Å². The van der Waals surface area contributed by atoms with Crippen molar-refractivity contribution in [1.29, 1.82) is 0 Å². The number of rotatable bonds is 2. The minimum atomic E-state index is -0.136. The number of likely N-dealkylation sites (N-methyl/N-ethyl adjacent to an activating group) is 1. The molecule has 1 N–H and O–H groups in total. The molecule has 0 spiro atoms. The van der Waals surface area contributed by atoms with E-state index < -0.39 is 0 Å². The molecule has 0 aromatic rings. The number of hydrogen-bond acceptors (Lipinski definition) is 2. The van der Waals surface area contributed by atoms with E-state index in [0.29, 0.717) is 11.7 Å². The predicted molar refractivity (Wildman–Crippen MR) is 47.9 cm³/mol. The van der Waals surface area contributed by atoms with E-state index in [0.717, 1.165) is 12.3 Å². The predicted octanol–water partition coefficient (Wildman–Crippen LogP) is 1.35. The van der Waals surface area contributed by atoms with E-state index in [2.05, 4.69) is 5.32 Å². The van der Waals surface area contributed by atoms with Crippen LogP contribution in [0.2, 0.25) is 0 Å². The largest absolute Gasteiger partial charge is 0.308 e. The van der Waals surface area contributed by atoms with E-state index in [1.807, 2.05) is 7.05 Å². The molecule has 2 rings (SSSR count). The second-order valence-corrected chi connectivity index (χ2v) is 4.36. The van der Waals surface area contributed by atoms with Gasteiger partial charge in [0.25, 0.3) is 0 Å². The van der Waals surface area contributed by atoms with Gasteiger partial charge in [-0.25, -0.2) is 0 Å². The van der Waals surface area contributed by atoms with Crippen LogP contribution in [0.15, 0.2) is 0 Å². The summed E-state index contributed by atoms with van der Waals surface area (Å²) < 4.78 is 0. The van der Waals surface area contributed by atoms with Gasteiger partial charge >= 0.3 is 0 Å². The summed E-state index contributed by atoms with van der Waals surface area (Å²) in [6, 6.07) is 0. The molecule has 0 aliphatic heterocycles. The summed E-state index contributed by atoms with van der Waals surface area (Å²) in [6.45, 7) is 1.73. The van der Waals surface area contributed by atoms with Crippen molar-refractivity contribution < 1.29 is 4.79 Å². The molecule has 3 unspecified atom stereocenters. The molecule has 0 radical (unpaired) electrons. The number of hydrogen-bond donors (Lipinski definition) is 1. The van der Waals surface area contributed by atoms with E-state index >= 15 is 0 Å². The first-order valence-electron chi connectivity index (χ1n) is 4.89. The maximum absolute atomic E-state index is 11.5. The van der Waals surface area contributed by atoms with Crippen LogP contribution in [0.4, 0.5) is 0 Å². The number of fused-ring (bicyclic) bond motifs is 2. The van der Waals surface area contributed by atoms with Gasteiger partial charge in [-0.05, 0) is 45.1 Å². The van der Waals surface area contributed by atoms with Gasteiger partial charge in [-0.3, -0.25) is 4.79 Å². The molecular weight excluding hydrogens is 150 g/mol. The molecule has 2 aliphatic carbocycles. The monoisotopic (exact) mass is 167 g/mol. The third-order valence-corrected chi connectivity index (χ3v) is 3.92. The number of ketones is 1. The van der Waals surface area contributed by atoms with Gasteiger partial charge in [-0.2, -0.15) is 0 Å². The van der Waals surface area contributed by atoms with Crippen molar-refractivity contribution in [3.63, 3.8) is 0 Å². The fraction of sp³-hybridized carbons (Fsp3) is 0.900. The van der Waals surface area contributed by atoms with Crippen molar-refractivity contribution in [3.8, 4) is 0 Å². The van der Waals surface area contributed by atoms with Crippen molar-refractivity contribution in [2.45, 2.75) is 38.1 Å². The van der Waals surface area contributed by atoms with Gasteiger partial charge in [0, 0.05) is 0 Å². The van der Waals surface area contributed by atoms with Gasteiger partial charge in [-0.15, -0.1) is 0 Å². The van der Waals surface area contributed by atoms with Crippen molar-refractivity contribution in [1.82, 2.24) is 5.32 Å². The van der Waals surface area contributed by atoms with Crippen LogP contribution in [0, 0.1) is 11.8 Å². The highest BCUT2D eigenvalue weighted by Gasteiger charge is 2.52. The molecule has 2 aliphatic rings. The number of carbonyl (C=O) groups excluding carboxylic acids is 1. The minimum absolute atomic E-state index is 0.136. The van der Waals surface area contributed by atoms with Crippen molar-refractivity contribution >= 4 is 5.78 Å². The highest BCUT2D eigenvalue weighted by molar-refractivity contribution is 5.87. The average Bonchev–Trinajstić information content (AvgIpc) is 2.62. The molecule has 0 aromatic heterocycles. The highest BCUT2D eigenvalue weighted by Crippen LogP contribution is 2.50. The Balaban J connectivity index is 2.25. The smallest absolute Gasteiger partial charge is 0.150 e. The topological polar surface area (TPSA) is 29.1 Å². The first-order chi connectivity index (χ1) is 5.69. The Morgan fingerprint density at radius 2 is 2.25 bits per heavy atom. The molecule has 68 valence electrons. The fourth-order valence-electron chi connectivity index (χ4n) is 3.24. The zero-order chi connectivity index (χ0) is 8.77. The highest BCUT2D eigenvalue weighted by atomic mass is 16.1. The van der Waals surface area contributed by atoms with Crippen LogP contribution >= 0.6 is 0 Å². The Kier molecular flexibility index (Phi) is 1.76. The molecule has 2 nitrogen and oxygen atoms in total. The summed E-state index contributed by atoms with van der Waals surface area (Å²) in [4.78, 5) is 11.5. The van der Waals surface area contributed by atoms with Gasteiger partial charge in [0.15, 0.2) is 0 Å². The molecule has 0 heterocycles. The van der Waals surface area contributed by atoms with Crippen molar-refractivity contribution in [2.75, 3.05) is 7.05 Å². The Morgan fingerprint density at radius 3 is 2.50 bits per heavy atom. The Hall–Kier alpha value is -0.370. The molecule has 2 heteroatoms. The molecule has 0 saturated heterocycles. The van der Waals surface area contributed by atoms with Gasteiger partial charge < -0.3 is 5.32 Å². The maximum Gasteiger partial charge on any atom is 0.150 e. The molecule has 2 saturated carbocycles. The Bertz CT molecular complexity index is 214. The Morgan fingerprint density at radius 1 is 1.50 bits per heavy atom. The van der Waals surface area contributed by atoms with Crippen LogP contribution in [0.3, 0.4) is 0 Å². The molecule has 12 heavy (non-hydrogen) atoms. The lowest BCUT2D eigenvalue weighted by atomic mass is 9.78. The zero-order valence-corrected chi connectivity index (χ0v) is 7.89. The molecule has 0 aromatic carbocycles. The first-order valence-corrected chi connectivity index (χ1v) is 4.89. The van der Waals surface area contributed by atoms with Crippen molar-refractivity contribution in [2.24, 2.45) is 11.8 Å². The number of carbonyl (C=O) groups is 1. The second kappa shape index (κ2) is 2.56. The molecule has 0 amide bonds. The van der Waals surface area contributed by atoms with Gasteiger partial charge in [0.2, 0.25) is 0 Å². The lowest BCUT2D eigenvalue weighted by molar-refractivity contribution is -0.125. The SMILES string of the molecule is CNC1(C(C)=O)CC2CCC1C2. The zero-order valence-electron chi connectivity index (χ0n) is 7.89. The minimum Gasteiger partial charge on any atom is -0.308 e. The normalized spacial score (nSPS) is 45.2. The molecular formula is C10H17NO. The summed E-state index contributed by atoms with van der Waals surface area (Å²) in [5, 5.41) is 3.26. The van der Waals surface area contributed by atoms with Crippen LogP contribution in [-0.4, -0.2) is 18.4 Å². The number of Topliss-reactive ketones (excluding diaryl/α,β-unsaturated/α-hetero) is 1. The lowest BCUT2D eigenvalue weighted by Crippen LogP contribution is -2.53. The summed E-state index contributed by atoms with van der Waals surface area (Å²) in [5.74, 6) is 1.80. The molecule has 2 fully saturated rings. The van der Waals surface area contributed by atoms with E-state index in [1.165, 1.54) is 19.3 Å². The third-order valence-electron chi connectivity index (χ3n) is 3.92. The van der Waals surface area contributed by atoms with Gasteiger partial charge in [0.1, 0.15) is 5.78 Å². The van der Waals surface area contributed by atoms with E-state index in [1.54, 1.807) is 6.92 Å². The van der Waals surface area contributed by atoms with Gasteiger partial charge in [-0.1, -0.05) is 6.42 Å². The standard InChI is InChI=1S/C10H17NO/c1-7(12)10(11-2)6-8-3-4-9(10)5-8/h8-9,11H,3-6H2,1-2H3. The third kappa shape index (κ3) is 0.875. The van der Waals surface area contributed by atoms with Crippen LogP contribution in [0.5, 0.6) is 0 Å². The summed E-state index contributed by atoms with van der Waals surface area (Å²) in [6.07, 6.45) is 4.97. The van der Waals surface area contributed by atoms with Crippen LogP contribution in [-0.2, 0) is 4.79 Å². The van der Waals surface area contributed by atoms with Crippen LogP contribution < -0.4 is 5.32 Å². The summed E-state index contributed by atoms with van der Waals surface area (Å²) >= 11 is 0. The molecule has 2 bridgehead atoms. The quantitative estimate of drug-likeness (QED) is 0.672. The van der Waals surface area contributed by atoms with E-state index in [4.69, 9.17) is 0 Å². The van der Waals surface area contributed by atoms with Crippen molar-refractivity contribution in [3.05, 3.63) is 0 Å². The van der Waals surface area contributed by atoms with Gasteiger partial charge in [0.05, 0.1) is 5.54 Å². The Labute approximate surface area is 73.7 Å². The maximum atomic E-state index is 11.5. The second-order valence-electron chi connectivity index (χ2n) is 4.36. The average molecular weight is 167 g/mol. The van der Waals surface area contributed by atoms with E-state index in [9.17, 15) is 4.79 Å². The molecule has 3 atom stereocenters. The first kappa shape index (κ1) is 8.24. The number of nitrogens with one attached hydrogen (secondary N) is 1. The lowest BCUT2D eigenvalue weighted by Gasteiger charge is -2.35.